The maximum Gasteiger partial charge on any atom is 0.416 e. The molecule has 0 saturated carbocycles. The number of amides is 2. The van der Waals surface area contributed by atoms with Gasteiger partial charge in [0.05, 0.1) is 19.3 Å². The number of hydrogen-bond acceptors (Lipinski definition) is 3. The topological polar surface area (TPSA) is 59.6 Å². The van der Waals surface area contributed by atoms with Crippen LogP contribution in [0.5, 0.6) is 5.75 Å². The maximum atomic E-state index is 13.0. The average molecular weight is 332 g/mol. The van der Waals surface area contributed by atoms with Gasteiger partial charge in [-0.2, -0.15) is 13.2 Å². The fourth-order valence-electron chi connectivity index (χ4n) is 2.32. The molecule has 1 atom stereocenters. The number of ether oxygens (including phenoxy) is 2. The van der Waals surface area contributed by atoms with Crippen LogP contribution in [0.2, 0.25) is 0 Å². The first kappa shape index (κ1) is 17.4. The Morgan fingerprint density at radius 2 is 2.17 bits per heavy atom. The van der Waals surface area contributed by atoms with Crippen LogP contribution in [0.3, 0.4) is 0 Å². The molecular weight excluding hydrogens is 313 g/mol. The number of benzene rings is 1. The molecule has 1 aliphatic rings. The number of methoxy groups -OCH3 is 1. The molecule has 1 fully saturated rings. The molecule has 1 aromatic carbocycles. The molecular formula is C15H19F3N2O3. The predicted octanol–water partition coefficient (Wildman–Crippen LogP) is 2.55. The van der Waals surface area contributed by atoms with Crippen molar-refractivity contribution in [3.8, 4) is 5.75 Å². The lowest BCUT2D eigenvalue weighted by Crippen LogP contribution is -2.38. The fraction of sp³-hybridized carbons (Fsp3) is 0.533. The molecule has 5 nitrogen and oxygen atoms in total. The van der Waals surface area contributed by atoms with Crippen molar-refractivity contribution in [2.75, 3.05) is 26.9 Å². The summed E-state index contributed by atoms with van der Waals surface area (Å²) in [4.78, 5) is 11.7. The van der Waals surface area contributed by atoms with Crippen LogP contribution < -0.4 is 15.4 Å². The standard InChI is InChI=1S/C15H19F3N2O3/c1-22-12-3-2-11(13(6-12)15(16,17)18)8-20-14(21)19-7-10-4-5-23-9-10/h2-3,6,10H,4-5,7-9H2,1H3,(H2,19,20,21)/t10-/m0/s1. The molecule has 2 amide bonds. The minimum Gasteiger partial charge on any atom is -0.497 e. The summed E-state index contributed by atoms with van der Waals surface area (Å²) in [6, 6.07) is 3.15. The van der Waals surface area contributed by atoms with Crippen LogP contribution in [0.15, 0.2) is 18.2 Å². The second-order valence-electron chi connectivity index (χ2n) is 5.31. The molecule has 0 radical (unpaired) electrons. The van der Waals surface area contributed by atoms with Crippen molar-refractivity contribution in [2.24, 2.45) is 5.92 Å². The molecule has 1 heterocycles. The summed E-state index contributed by atoms with van der Waals surface area (Å²) in [6.45, 7) is 1.50. The van der Waals surface area contributed by atoms with Crippen LogP contribution in [-0.2, 0) is 17.5 Å². The second-order valence-corrected chi connectivity index (χ2v) is 5.31. The van der Waals surface area contributed by atoms with Crippen LogP contribution in [0.25, 0.3) is 0 Å². The first-order valence-corrected chi connectivity index (χ1v) is 7.23. The van der Waals surface area contributed by atoms with Gasteiger partial charge in [-0.05, 0) is 24.1 Å². The molecule has 0 spiro atoms. The van der Waals surface area contributed by atoms with Crippen molar-refractivity contribution in [3.63, 3.8) is 0 Å². The number of urea groups is 1. The quantitative estimate of drug-likeness (QED) is 0.871. The normalized spacial score (nSPS) is 17.8. The highest BCUT2D eigenvalue weighted by molar-refractivity contribution is 5.73. The Labute approximate surface area is 132 Å². The monoisotopic (exact) mass is 332 g/mol. The average Bonchev–Trinajstić information content (AvgIpc) is 3.03. The summed E-state index contributed by atoms with van der Waals surface area (Å²) in [5, 5.41) is 5.08. The number of carbonyl (C=O) groups excluding carboxylic acids is 1. The van der Waals surface area contributed by atoms with Crippen molar-refractivity contribution in [3.05, 3.63) is 29.3 Å². The zero-order valence-electron chi connectivity index (χ0n) is 12.7. The number of alkyl halides is 3. The Hall–Kier alpha value is -1.96. The highest BCUT2D eigenvalue weighted by atomic mass is 19.4. The third kappa shape index (κ3) is 5.02. The van der Waals surface area contributed by atoms with E-state index in [1.54, 1.807) is 0 Å². The van der Waals surface area contributed by atoms with Gasteiger partial charge in [0.25, 0.3) is 0 Å². The smallest absolute Gasteiger partial charge is 0.416 e. The minimum absolute atomic E-state index is 0.0161. The molecule has 128 valence electrons. The number of nitrogens with one attached hydrogen (secondary N) is 2. The lowest BCUT2D eigenvalue weighted by atomic mass is 10.1. The van der Waals surface area contributed by atoms with Crippen LogP contribution in [0.4, 0.5) is 18.0 Å². The predicted molar refractivity (Wildman–Crippen MR) is 77.2 cm³/mol. The van der Waals surface area contributed by atoms with Crippen LogP contribution in [0, 0.1) is 5.92 Å². The molecule has 0 unspecified atom stereocenters. The second kappa shape index (κ2) is 7.54. The first-order chi connectivity index (χ1) is 10.9. The lowest BCUT2D eigenvalue weighted by Gasteiger charge is -2.15. The third-order valence-corrected chi connectivity index (χ3v) is 3.64. The van der Waals surface area contributed by atoms with E-state index in [0.717, 1.165) is 12.5 Å². The van der Waals surface area contributed by atoms with Crippen molar-refractivity contribution in [1.29, 1.82) is 0 Å². The van der Waals surface area contributed by atoms with Gasteiger partial charge in [0.1, 0.15) is 5.75 Å². The summed E-state index contributed by atoms with van der Waals surface area (Å²) >= 11 is 0. The SMILES string of the molecule is COc1ccc(CNC(=O)NC[C@@H]2CCOC2)c(C(F)(F)F)c1. The van der Waals surface area contributed by atoms with E-state index >= 15 is 0 Å². The molecule has 23 heavy (non-hydrogen) atoms. The summed E-state index contributed by atoms with van der Waals surface area (Å²) in [5.41, 5.74) is -0.834. The number of rotatable bonds is 5. The van der Waals surface area contributed by atoms with Crippen LogP contribution in [0.1, 0.15) is 17.5 Å². The van der Waals surface area contributed by atoms with Gasteiger partial charge in [-0.15, -0.1) is 0 Å². The molecule has 2 N–H and O–H groups in total. The summed E-state index contributed by atoms with van der Waals surface area (Å²) in [5.74, 6) is 0.374. The molecule has 1 saturated heterocycles. The van der Waals surface area contributed by atoms with E-state index in [2.05, 4.69) is 10.6 Å². The van der Waals surface area contributed by atoms with E-state index in [9.17, 15) is 18.0 Å². The minimum atomic E-state index is -4.51. The van der Waals surface area contributed by atoms with Gasteiger partial charge in [-0.25, -0.2) is 4.79 Å². The number of hydrogen-bond donors (Lipinski definition) is 2. The van der Waals surface area contributed by atoms with Crippen LogP contribution in [-0.4, -0.2) is 32.9 Å². The Bertz CT molecular complexity index is 543. The molecule has 0 aliphatic carbocycles. The molecule has 8 heteroatoms. The Balaban J connectivity index is 1.92. The van der Waals surface area contributed by atoms with Crippen molar-refractivity contribution in [2.45, 2.75) is 19.1 Å². The molecule has 0 aromatic heterocycles. The van der Waals surface area contributed by atoms with Crippen LogP contribution >= 0.6 is 0 Å². The molecule has 1 aromatic rings. The van der Waals surface area contributed by atoms with E-state index < -0.39 is 17.8 Å². The van der Waals surface area contributed by atoms with Crippen molar-refractivity contribution in [1.82, 2.24) is 10.6 Å². The lowest BCUT2D eigenvalue weighted by molar-refractivity contribution is -0.138. The Kier molecular flexibility index (Phi) is 5.70. The van der Waals surface area contributed by atoms with Gasteiger partial charge >= 0.3 is 12.2 Å². The first-order valence-electron chi connectivity index (χ1n) is 7.23. The van der Waals surface area contributed by atoms with Gasteiger partial charge in [-0.3, -0.25) is 0 Å². The van der Waals surface area contributed by atoms with Crippen molar-refractivity contribution < 1.29 is 27.4 Å². The van der Waals surface area contributed by atoms with E-state index in [4.69, 9.17) is 9.47 Å². The highest BCUT2D eigenvalue weighted by Gasteiger charge is 2.33. The summed E-state index contributed by atoms with van der Waals surface area (Å²) < 4.78 is 49.1. The van der Waals surface area contributed by atoms with E-state index in [-0.39, 0.29) is 23.8 Å². The van der Waals surface area contributed by atoms with Gasteiger partial charge in [-0.1, -0.05) is 6.07 Å². The number of carbonyl (C=O) groups is 1. The van der Waals surface area contributed by atoms with Gasteiger partial charge in [0.2, 0.25) is 0 Å². The Morgan fingerprint density at radius 3 is 2.78 bits per heavy atom. The van der Waals surface area contributed by atoms with Gasteiger partial charge < -0.3 is 20.1 Å². The summed E-state index contributed by atoms with van der Waals surface area (Å²) in [6.07, 6.45) is -3.64. The van der Waals surface area contributed by atoms with E-state index in [1.165, 1.54) is 19.2 Å². The molecule has 2 rings (SSSR count). The Morgan fingerprint density at radius 1 is 1.39 bits per heavy atom. The van der Waals surface area contributed by atoms with Crippen molar-refractivity contribution >= 4 is 6.03 Å². The fourth-order valence-corrected chi connectivity index (χ4v) is 2.32. The summed E-state index contributed by atoms with van der Waals surface area (Å²) in [7, 11) is 1.30. The van der Waals surface area contributed by atoms with Gasteiger partial charge in [0, 0.05) is 25.6 Å². The highest BCUT2D eigenvalue weighted by Crippen LogP contribution is 2.34. The third-order valence-electron chi connectivity index (χ3n) is 3.64. The molecule has 1 aliphatic heterocycles. The zero-order chi connectivity index (χ0) is 16.9. The number of halogens is 3. The van der Waals surface area contributed by atoms with Gasteiger partial charge in [0.15, 0.2) is 0 Å². The largest absolute Gasteiger partial charge is 0.497 e. The van der Waals surface area contributed by atoms with E-state index in [1.807, 2.05) is 0 Å². The van der Waals surface area contributed by atoms with E-state index in [0.29, 0.717) is 19.8 Å². The molecule has 0 bridgehead atoms. The maximum absolute atomic E-state index is 13.0. The zero-order valence-corrected chi connectivity index (χ0v) is 12.7.